The van der Waals surface area contributed by atoms with Gasteiger partial charge >= 0.3 is 0 Å². The van der Waals surface area contributed by atoms with Crippen LogP contribution in [0.4, 0.5) is 8.78 Å². The number of rotatable bonds is 1. The molecular formula is C13H8F2N2O2. The number of fused-ring (bicyclic) bond motifs is 1. The van der Waals surface area contributed by atoms with Gasteiger partial charge < -0.3 is 10.2 Å². The van der Waals surface area contributed by atoms with Gasteiger partial charge in [-0.15, -0.1) is 0 Å². The third kappa shape index (κ3) is 1.69. The Hall–Kier alpha value is -2.63. The van der Waals surface area contributed by atoms with Crippen LogP contribution in [0.5, 0.6) is 11.5 Å². The highest BCUT2D eigenvalue weighted by molar-refractivity contribution is 5.86. The van der Waals surface area contributed by atoms with E-state index in [1.54, 1.807) is 0 Å². The minimum Gasteiger partial charge on any atom is -0.507 e. The normalized spacial score (nSPS) is 11.1. The van der Waals surface area contributed by atoms with E-state index < -0.39 is 17.4 Å². The van der Waals surface area contributed by atoms with Crippen LogP contribution in [0.25, 0.3) is 16.6 Å². The molecule has 19 heavy (non-hydrogen) atoms. The van der Waals surface area contributed by atoms with Crippen LogP contribution in [0.3, 0.4) is 0 Å². The van der Waals surface area contributed by atoms with Crippen LogP contribution < -0.4 is 0 Å². The second-order valence-electron chi connectivity index (χ2n) is 4.02. The summed E-state index contributed by atoms with van der Waals surface area (Å²) in [5.74, 6) is -2.02. The van der Waals surface area contributed by atoms with Crippen LogP contribution in [-0.2, 0) is 0 Å². The maximum atomic E-state index is 13.8. The predicted octanol–water partition coefficient (Wildman–Crippen LogP) is 2.71. The molecule has 3 aromatic rings. The zero-order valence-electron chi connectivity index (χ0n) is 9.51. The zero-order chi connectivity index (χ0) is 13.6. The highest BCUT2D eigenvalue weighted by Gasteiger charge is 2.14. The van der Waals surface area contributed by atoms with E-state index in [0.29, 0.717) is 0 Å². The quantitative estimate of drug-likeness (QED) is 0.709. The molecule has 0 radical (unpaired) electrons. The Bertz CT molecular complexity index is 784. The first-order valence-corrected chi connectivity index (χ1v) is 5.42. The van der Waals surface area contributed by atoms with Gasteiger partial charge in [-0.25, -0.2) is 13.5 Å². The molecule has 4 nitrogen and oxygen atoms in total. The number of nitrogens with zero attached hydrogens (tertiary/aromatic N) is 2. The molecule has 0 amide bonds. The molecular weight excluding hydrogens is 254 g/mol. The number of phenols is 2. The second-order valence-corrected chi connectivity index (χ2v) is 4.02. The fourth-order valence-electron chi connectivity index (χ4n) is 1.91. The van der Waals surface area contributed by atoms with Crippen LogP contribution in [0.15, 0.2) is 36.5 Å². The molecule has 2 aromatic carbocycles. The average molecular weight is 262 g/mol. The van der Waals surface area contributed by atoms with Crippen molar-refractivity contribution >= 4 is 10.9 Å². The Balaban J connectivity index is 2.31. The van der Waals surface area contributed by atoms with Crippen molar-refractivity contribution in [1.82, 2.24) is 9.78 Å². The first kappa shape index (κ1) is 11.5. The fraction of sp³-hybridized carbons (Fsp3) is 0. The van der Waals surface area contributed by atoms with E-state index in [2.05, 4.69) is 5.10 Å². The van der Waals surface area contributed by atoms with Crippen molar-refractivity contribution in [3.63, 3.8) is 0 Å². The summed E-state index contributed by atoms with van der Waals surface area (Å²) in [6.07, 6.45) is 1.29. The minimum atomic E-state index is -0.832. The standard InChI is InChI=1S/C13H8F2N2O2/c14-9-2-4-11(18)8-6-16-17(13(8)9)7-1-3-12(19)10(15)5-7/h1-6,18-19H. The van der Waals surface area contributed by atoms with Crippen molar-refractivity contribution in [2.45, 2.75) is 0 Å². The Morgan fingerprint density at radius 1 is 0.947 bits per heavy atom. The van der Waals surface area contributed by atoms with Gasteiger partial charge in [0.15, 0.2) is 11.6 Å². The lowest BCUT2D eigenvalue weighted by Gasteiger charge is -2.05. The molecule has 0 saturated carbocycles. The van der Waals surface area contributed by atoms with Crippen molar-refractivity contribution in [1.29, 1.82) is 0 Å². The number of aromatic nitrogens is 2. The molecule has 96 valence electrons. The summed E-state index contributed by atoms with van der Waals surface area (Å²) < 4.78 is 28.3. The van der Waals surface area contributed by atoms with Gasteiger partial charge in [0.25, 0.3) is 0 Å². The summed E-state index contributed by atoms with van der Waals surface area (Å²) >= 11 is 0. The molecule has 0 aliphatic carbocycles. The summed E-state index contributed by atoms with van der Waals surface area (Å²) in [6, 6.07) is 5.91. The summed E-state index contributed by atoms with van der Waals surface area (Å²) in [6.45, 7) is 0. The lowest BCUT2D eigenvalue weighted by Crippen LogP contribution is -1.98. The largest absolute Gasteiger partial charge is 0.507 e. The van der Waals surface area contributed by atoms with Crippen LogP contribution in [0.2, 0.25) is 0 Å². The smallest absolute Gasteiger partial charge is 0.166 e. The molecule has 0 saturated heterocycles. The lowest BCUT2D eigenvalue weighted by atomic mass is 10.2. The molecule has 1 heterocycles. The SMILES string of the molecule is Oc1ccc(-n2ncc3c(O)ccc(F)c32)cc1F. The molecule has 3 rings (SSSR count). The van der Waals surface area contributed by atoms with E-state index >= 15 is 0 Å². The lowest BCUT2D eigenvalue weighted by molar-refractivity contribution is 0.432. The van der Waals surface area contributed by atoms with E-state index in [0.717, 1.165) is 22.9 Å². The summed E-state index contributed by atoms with van der Waals surface area (Å²) in [5.41, 5.74) is 0.292. The third-order valence-electron chi connectivity index (χ3n) is 2.83. The van der Waals surface area contributed by atoms with Gasteiger partial charge in [-0.1, -0.05) is 0 Å². The molecule has 0 unspecified atom stereocenters. The molecule has 0 spiro atoms. The van der Waals surface area contributed by atoms with Crippen molar-refractivity contribution in [3.8, 4) is 17.2 Å². The third-order valence-corrected chi connectivity index (χ3v) is 2.83. The summed E-state index contributed by atoms with van der Waals surface area (Å²) in [4.78, 5) is 0. The first-order chi connectivity index (χ1) is 9.08. The highest BCUT2D eigenvalue weighted by atomic mass is 19.1. The molecule has 1 aromatic heterocycles. The molecule has 0 fully saturated rings. The molecule has 0 bridgehead atoms. The maximum absolute atomic E-state index is 13.8. The van der Waals surface area contributed by atoms with E-state index in [9.17, 15) is 13.9 Å². The van der Waals surface area contributed by atoms with E-state index in [-0.39, 0.29) is 22.3 Å². The van der Waals surface area contributed by atoms with Crippen molar-refractivity contribution in [2.75, 3.05) is 0 Å². The topological polar surface area (TPSA) is 58.3 Å². The number of phenolic OH excluding ortho intramolecular Hbond substituents is 2. The Morgan fingerprint density at radius 3 is 2.42 bits per heavy atom. The second kappa shape index (κ2) is 3.94. The number of hydrogen-bond acceptors (Lipinski definition) is 3. The number of halogens is 2. The maximum Gasteiger partial charge on any atom is 0.166 e. The van der Waals surface area contributed by atoms with Gasteiger partial charge in [0, 0.05) is 6.07 Å². The Morgan fingerprint density at radius 2 is 1.68 bits per heavy atom. The van der Waals surface area contributed by atoms with Crippen molar-refractivity contribution < 1.29 is 19.0 Å². The minimum absolute atomic E-state index is 0.0464. The van der Waals surface area contributed by atoms with Crippen LogP contribution in [0, 0.1) is 11.6 Å². The average Bonchev–Trinajstić information content (AvgIpc) is 2.83. The van der Waals surface area contributed by atoms with E-state index in [1.165, 1.54) is 18.3 Å². The van der Waals surface area contributed by atoms with Gasteiger partial charge in [0.05, 0.1) is 17.3 Å². The highest BCUT2D eigenvalue weighted by Crippen LogP contribution is 2.29. The Labute approximate surface area is 106 Å². The van der Waals surface area contributed by atoms with Gasteiger partial charge in [-0.2, -0.15) is 5.10 Å². The van der Waals surface area contributed by atoms with Gasteiger partial charge in [0.1, 0.15) is 17.1 Å². The number of hydrogen-bond donors (Lipinski definition) is 2. The van der Waals surface area contributed by atoms with Crippen LogP contribution in [0.1, 0.15) is 0 Å². The van der Waals surface area contributed by atoms with Crippen molar-refractivity contribution in [3.05, 3.63) is 48.2 Å². The molecule has 0 atom stereocenters. The van der Waals surface area contributed by atoms with E-state index in [4.69, 9.17) is 5.11 Å². The van der Waals surface area contributed by atoms with Crippen LogP contribution in [-0.4, -0.2) is 20.0 Å². The zero-order valence-corrected chi connectivity index (χ0v) is 9.51. The molecule has 0 aliphatic rings. The van der Waals surface area contributed by atoms with Gasteiger partial charge in [-0.3, -0.25) is 0 Å². The molecule has 6 heteroatoms. The fourth-order valence-corrected chi connectivity index (χ4v) is 1.91. The Kier molecular flexibility index (Phi) is 2.38. The summed E-state index contributed by atoms with van der Waals surface area (Å²) in [5, 5.41) is 22.9. The predicted molar refractivity (Wildman–Crippen MR) is 64.3 cm³/mol. The monoisotopic (exact) mass is 262 g/mol. The molecule has 2 N–H and O–H groups in total. The van der Waals surface area contributed by atoms with Crippen molar-refractivity contribution in [2.24, 2.45) is 0 Å². The first-order valence-electron chi connectivity index (χ1n) is 5.42. The van der Waals surface area contributed by atoms with Gasteiger partial charge in [-0.05, 0) is 24.3 Å². The summed E-state index contributed by atoms with van der Waals surface area (Å²) in [7, 11) is 0. The van der Waals surface area contributed by atoms with E-state index in [1.807, 2.05) is 0 Å². The number of aromatic hydroxyl groups is 2. The number of benzene rings is 2. The molecule has 0 aliphatic heterocycles. The van der Waals surface area contributed by atoms with Gasteiger partial charge in [0.2, 0.25) is 0 Å². The van der Waals surface area contributed by atoms with Crippen LogP contribution >= 0.6 is 0 Å².